The molecule has 1 aliphatic heterocycles. The number of carbonyl (C=O) groups is 1. The average Bonchev–Trinajstić information content (AvgIpc) is 3.28. The fourth-order valence-corrected chi connectivity index (χ4v) is 6.64. The van der Waals surface area contributed by atoms with Crippen LogP contribution in [0, 0.1) is 11.8 Å². The molecule has 1 saturated heterocycles. The lowest BCUT2D eigenvalue weighted by Crippen LogP contribution is -2.50. The number of aromatic nitrogens is 1. The van der Waals surface area contributed by atoms with Crippen LogP contribution in [0.1, 0.15) is 16.9 Å². The van der Waals surface area contributed by atoms with E-state index < -0.39 is 32.7 Å². The highest BCUT2D eigenvalue weighted by atomic mass is 32.1. The lowest BCUT2D eigenvalue weighted by atomic mass is 10.0. The van der Waals surface area contributed by atoms with Crippen LogP contribution in [0.5, 0.6) is 5.88 Å². The molecular formula is C30H36F4N5O2PS. The number of nitrogens with one attached hydrogen (secondary N) is 2. The number of rotatable bonds is 9. The van der Waals surface area contributed by atoms with E-state index in [0.29, 0.717) is 45.2 Å². The molecule has 2 aromatic heterocycles. The largest absolute Gasteiger partial charge is 0.480 e. The lowest BCUT2D eigenvalue weighted by molar-refractivity contribution is -0.130. The summed E-state index contributed by atoms with van der Waals surface area (Å²) in [5.41, 5.74) is 2.28. The number of carbonyl (C=O) groups excluding carboxylic acids is 1. The number of hydrogen-bond acceptors (Lipinski definition) is 7. The van der Waals surface area contributed by atoms with E-state index in [9.17, 15) is 18.0 Å². The lowest BCUT2D eigenvalue weighted by Gasteiger charge is -2.35. The van der Waals surface area contributed by atoms with Crippen LogP contribution in [0.2, 0.25) is 0 Å². The maximum atomic E-state index is 15.2. The van der Waals surface area contributed by atoms with Gasteiger partial charge in [0.1, 0.15) is 6.17 Å². The van der Waals surface area contributed by atoms with Crippen molar-refractivity contribution in [3.05, 3.63) is 40.8 Å². The quantitative estimate of drug-likeness (QED) is 0.192. The summed E-state index contributed by atoms with van der Waals surface area (Å²) < 4.78 is 62.1. The first-order valence-electron chi connectivity index (χ1n) is 13.8. The third-order valence-electron chi connectivity index (χ3n) is 7.09. The minimum atomic E-state index is -4.42. The van der Waals surface area contributed by atoms with Gasteiger partial charge in [-0.25, -0.2) is 9.37 Å². The normalized spacial score (nSPS) is 17.4. The third kappa shape index (κ3) is 8.49. The molecule has 0 saturated carbocycles. The molecule has 7 nitrogen and oxygen atoms in total. The van der Waals surface area contributed by atoms with Crippen molar-refractivity contribution >= 4 is 52.1 Å². The van der Waals surface area contributed by atoms with Gasteiger partial charge in [-0.3, -0.25) is 9.69 Å². The second kappa shape index (κ2) is 14.1. The molecule has 232 valence electrons. The number of alkyl halides is 4. The molecule has 2 unspecified atom stereocenters. The minimum Gasteiger partial charge on any atom is -0.480 e. The number of amides is 1. The molecule has 1 fully saturated rings. The number of nitrogens with zero attached hydrogens (tertiary/aromatic N) is 3. The number of halogens is 4. The molecule has 3 aromatic rings. The SMILES string of the molecule is COc1nc(P(C)C)ccc1NCC#Cc1sc2c(NC3CCN(CC(=O)N(C)C)CC3F)cccc2c1CC(F)(F)F. The van der Waals surface area contributed by atoms with Gasteiger partial charge in [-0.1, -0.05) is 31.9 Å². The summed E-state index contributed by atoms with van der Waals surface area (Å²) in [5, 5.41) is 6.83. The zero-order valence-corrected chi connectivity index (χ0v) is 26.5. The second-order valence-corrected chi connectivity index (χ2v) is 14.0. The highest BCUT2D eigenvalue weighted by Gasteiger charge is 2.33. The van der Waals surface area contributed by atoms with Crippen LogP contribution in [0.25, 0.3) is 10.1 Å². The molecule has 0 radical (unpaired) electrons. The first kappa shape index (κ1) is 32.8. The highest BCUT2D eigenvalue weighted by molar-refractivity contribution is 7.63. The molecule has 2 N–H and O–H groups in total. The van der Waals surface area contributed by atoms with Crippen molar-refractivity contribution in [1.82, 2.24) is 14.8 Å². The van der Waals surface area contributed by atoms with Gasteiger partial charge < -0.3 is 20.3 Å². The van der Waals surface area contributed by atoms with Crippen molar-refractivity contribution < 1.29 is 27.1 Å². The number of benzene rings is 1. The Balaban J connectivity index is 1.54. The number of piperidine rings is 1. The van der Waals surface area contributed by atoms with Crippen molar-refractivity contribution in [3.8, 4) is 17.7 Å². The summed E-state index contributed by atoms with van der Waals surface area (Å²) >= 11 is 1.17. The molecule has 0 aliphatic carbocycles. The molecule has 3 heterocycles. The second-order valence-electron chi connectivity index (χ2n) is 10.7. The number of likely N-dealkylation sites (tertiary alicyclic amines) is 1. The van der Waals surface area contributed by atoms with Crippen molar-refractivity contribution in [2.75, 3.05) is 71.3 Å². The molecule has 13 heteroatoms. The van der Waals surface area contributed by atoms with Crippen molar-refractivity contribution in [2.24, 2.45) is 0 Å². The molecule has 1 amide bonds. The summed E-state index contributed by atoms with van der Waals surface area (Å²) in [6.45, 7) is 5.13. The van der Waals surface area contributed by atoms with Crippen LogP contribution in [0.3, 0.4) is 0 Å². The number of methoxy groups -OCH3 is 1. The van der Waals surface area contributed by atoms with Crippen LogP contribution in [-0.2, 0) is 11.2 Å². The van der Waals surface area contributed by atoms with Crippen LogP contribution in [0.4, 0.5) is 28.9 Å². The van der Waals surface area contributed by atoms with Crippen LogP contribution in [0.15, 0.2) is 30.3 Å². The average molecular weight is 638 g/mol. The first-order chi connectivity index (χ1) is 20.4. The van der Waals surface area contributed by atoms with Gasteiger partial charge in [-0.2, -0.15) is 13.2 Å². The van der Waals surface area contributed by atoms with E-state index in [1.54, 1.807) is 37.2 Å². The summed E-state index contributed by atoms with van der Waals surface area (Å²) in [5.74, 6) is 6.23. The Morgan fingerprint density at radius 2 is 2.00 bits per heavy atom. The maximum absolute atomic E-state index is 15.2. The van der Waals surface area contributed by atoms with Gasteiger partial charge in [-0.15, -0.1) is 11.3 Å². The fraction of sp³-hybridized carbons (Fsp3) is 0.467. The Morgan fingerprint density at radius 1 is 1.23 bits per heavy atom. The van der Waals surface area contributed by atoms with Crippen LogP contribution < -0.4 is 20.8 Å². The van der Waals surface area contributed by atoms with E-state index in [-0.39, 0.29) is 31.1 Å². The number of ether oxygens (including phenoxy) is 1. The Morgan fingerprint density at radius 3 is 2.65 bits per heavy atom. The van der Waals surface area contributed by atoms with Crippen molar-refractivity contribution in [3.63, 3.8) is 0 Å². The molecule has 0 bridgehead atoms. The molecular weight excluding hydrogens is 601 g/mol. The Hall–Kier alpha value is -3.13. The van der Waals surface area contributed by atoms with E-state index >= 15 is 4.39 Å². The van der Waals surface area contributed by atoms with E-state index in [1.807, 2.05) is 12.1 Å². The molecule has 43 heavy (non-hydrogen) atoms. The van der Waals surface area contributed by atoms with E-state index in [0.717, 1.165) is 5.44 Å². The highest BCUT2D eigenvalue weighted by Crippen LogP contribution is 2.39. The van der Waals surface area contributed by atoms with Gasteiger partial charge in [0.2, 0.25) is 11.8 Å². The molecule has 4 rings (SSSR count). The van der Waals surface area contributed by atoms with E-state index in [1.165, 1.54) is 23.3 Å². The van der Waals surface area contributed by atoms with Gasteiger partial charge >= 0.3 is 6.18 Å². The van der Waals surface area contributed by atoms with Gasteiger partial charge in [0, 0.05) is 27.2 Å². The number of hydrogen-bond donors (Lipinski definition) is 2. The zero-order chi connectivity index (χ0) is 31.3. The summed E-state index contributed by atoms with van der Waals surface area (Å²) in [7, 11) is 4.45. The standard InChI is InChI=1S/C30H36F4N5O2PS/c1-38(2)27(40)18-39-15-13-22(21(31)17-39)36-23-9-6-8-19-20(16-30(32,33)34)25(43-28(19)23)10-7-14-35-24-11-12-26(42(4)5)37-29(24)41-3/h6,8-9,11-12,21-22,35-36H,13-18H2,1-5H3. The molecule has 2 atom stereocenters. The monoisotopic (exact) mass is 637 g/mol. The summed E-state index contributed by atoms with van der Waals surface area (Å²) in [4.78, 5) is 20.1. The van der Waals surface area contributed by atoms with Crippen LogP contribution >= 0.6 is 19.3 Å². The van der Waals surface area contributed by atoms with Gasteiger partial charge in [0.05, 0.1) is 59.0 Å². The maximum Gasteiger partial charge on any atom is 0.393 e. The number of anilines is 2. The predicted molar refractivity (Wildman–Crippen MR) is 168 cm³/mol. The van der Waals surface area contributed by atoms with Gasteiger partial charge in [0.25, 0.3) is 0 Å². The van der Waals surface area contributed by atoms with Crippen molar-refractivity contribution in [2.45, 2.75) is 31.2 Å². The smallest absolute Gasteiger partial charge is 0.393 e. The minimum absolute atomic E-state index is 0.0940. The number of likely N-dealkylation sites (N-methyl/N-ethyl adjacent to an activating group) is 1. The number of thiophene rings is 1. The third-order valence-corrected chi connectivity index (χ3v) is 9.45. The summed E-state index contributed by atoms with van der Waals surface area (Å²) in [6, 6.07) is 8.33. The number of fused-ring (bicyclic) bond motifs is 1. The first-order valence-corrected chi connectivity index (χ1v) is 16.8. The van der Waals surface area contributed by atoms with Gasteiger partial charge in [-0.05, 0) is 48.9 Å². The molecule has 1 aliphatic rings. The predicted octanol–water partition coefficient (Wildman–Crippen LogP) is 5.15. The van der Waals surface area contributed by atoms with E-state index in [2.05, 4.69) is 40.8 Å². The molecule has 0 spiro atoms. The van der Waals surface area contributed by atoms with E-state index in [4.69, 9.17) is 4.74 Å². The number of pyridine rings is 1. The van der Waals surface area contributed by atoms with Crippen molar-refractivity contribution in [1.29, 1.82) is 0 Å². The molecule has 1 aromatic carbocycles. The Kier molecular flexibility index (Phi) is 10.8. The Bertz CT molecular complexity index is 1500. The zero-order valence-electron chi connectivity index (χ0n) is 24.8. The fourth-order valence-electron chi connectivity index (χ4n) is 4.80. The van der Waals surface area contributed by atoms with Gasteiger partial charge in [0.15, 0.2) is 0 Å². The summed E-state index contributed by atoms with van der Waals surface area (Å²) in [6.07, 6.45) is -6.34. The topological polar surface area (TPSA) is 69.7 Å². The van der Waals surface area contributed by atoms with Crippen LogP contribution in [-0.4, -0.2) is 99.8 Å². The Labute approximate surface area is 254 Å².